The van der Waals surface area contributed by atoms with E-state index in [4.69, 9.17) is 0 Å². The first-order valence-corrected chi connectivity index (χ1v) is 7.24. The van der Waals surface area contributed by atoms with E-state index in [1.54, 1.807) is 12.4 Å². The van der Waals surface area contributed by atoms with E-state index < -0.39 is 0 Å². The number of hydrogen-bond acceptors (Lipinski definition) is 4. The number of amides is 1. The van der Waals surface area contributed by atoms with Crippen molar-refractivity contribution in [3.05, 3.63) is 29.6 Å². The largest absolute Gasteiger partial charge is 0.329 e. The van der Waals surface area contributed by atoms with Crippen molar-refractivity contribution < 1.29 is 4.79 Å². The van der Waals surface area contributed by atoms with Crippen molar-refractivity contribution in [2.45, 2.75) is 39.8 Å². The summed E-state index contributed by atoms with van der Waals surface area (Å²) in [6.45, 7) is 7.54. The quantitative estimate of drug-likeness (QED) is 0.929. The van der Waals surface area contributed by atoms with Crippen LogP contribution >= 0.6 is 0 Å². The highest BCUT2D eigenvalue weighted by Crippen LogP contribution is 2.27. The minimum atomic E-state index is -0.00981. The predicted molar refractivity (Wildman–Crippen MR) is 76.6 cm³/mol. The number of rotatable bonds is 3. The number of aromatic amines is 1. The second-order valence-corrected chi connectivity index (χ2v) is 5.99. The molecule has 7 heteroatoms. The molecule has 3 rings (SSSR count). The van der Waals surface area contributed by atoms with Gasteiger partial charge < -0.3 is 9.47 Å². The molecule has 0 aromatic carbocycles. The van der Waals surface area contributed by atoms with Gasteiger partial charge in [-0.1, -0.05) is 13.8 Å². The Balaban J connectivity index is 1.88. The average molecular weight is 288 g/mol. The van der Waals surface area contributed by atoms with Crippen LogP contribution < -0.4 is 0 Å². The van der Waals surface area contributed by atoms with E-state index in [1.165, 1.54) is 0 Å². The topological polar surface area (TPSA) is 79.7 Å². The molecule has 7 nitrogen and oxygen atoms in total. The molecule has 0 radical (unpaired) electrons. The molecule has 0 bridgehead atoms. The second-order valence-electron chi connectivity index (χ2n) is 5.99. The number of fused-ring (bicyclic) bond motifs is 1. The van der Waals surface area contributed by atoms with Crippen molar-refractivity contribution in [3.63, 3.8) is 0 Å². The van der Waals surface area contributed by atoms with Crippen LogP contribution in [0.25, 0.3) is 0 Å². The maximum Gasteiger partial charge on any atom is 0.257 e. The molecule has 2 aromatic heterocycles. The standard InChI is InChI=1S/C14H20N6O/c1-9(2)4-12-7-19(14(21)11-5-15-16-6-11)8-13-18-17-10(3)20(12)13/h5-6,9,12H,4,7-8H2,1-3H3,(H,15,16)/t12-/m0/s1. The Morgan fingerprint density at radius 2 is 2.29 bits per heavy atom. The summed E-state index contributed by atoms with van der Waals surface area (Å²) in [5, 5.41) is 14.9. The van der Waals surface area contributed by atoms with Crippen LogP contribution in [0.4, 0.5) is 0 Å². The molecule has 1 amide bonds. The summed E-state index contributed by atoms with van der Waals surface area (Å²) in [5.74, 6) is 2.32. The van der Waals surface area contributed by atoms with Crippen molar-refractivity contribution in [3.8, 4) is 0 Å². The molecule has 0 aliphatic carbocycles. The van der Waals surface area contributed by atoms with Gasteiger partial charge in [0.15, 0.2) is 5.82 Å². The number of nitrogens with one attached hydrogen (secondary N) is 1. The monoisotopic (exact) mass is 288 g/mol. The predicted octanol–water partition coefficient (Wildman–Crippen LogP) is 1.55. The van der Waals surface area contributed by atoms with Gasteiger partial charge in [0, 0.05) is 12.7 Å². The van der Waals surface area contributed by atoms with Gasteiger partial charge in [-0.25, -0.2) is 0 Å². The smallest absolute Gasteiger partial charge is 0.257 e. The first-order chi connectivity index (χ1) is 10.1. The summed E-state index contributed by atoms with van der Waals surface area (Å²) >= 11 is 0. The zero-order valence-corrected chi connectivity index (χ0v) is 12.6. The number of aromatic nitrogens is 5. The van der Waals surface area contributed by atoms with E-state index in [-0.39, 0.29) is 11.9 Å². The van der Waals surface area contributed by atoms with Crippen LogP contribution in [0.15, 0.2) is 12.4 Å². The fourth-order valence-corrected chi connectivity index (χ4v) is 3.00. The molecular weight excluding hydrogens is 268 g/mol. The van der Waals surface area contributed by atoms with Gasteiger partial charge in [-0.2, -0.15) is 5.10 Å². The highest BCUT2D eigenvalue weighted by Gasteiger charge is 2.31. The summed E-state index contributed by atoms with van der Waals surface area (Å²) in [6.07, 6.45) is 4.19. The molecule has 2 aromatic rings. The molecule has 112 valence electrons. The molecule has 1 aliphatic rings. The molecule has 0 fully saturated rings. The molecule has 0 saturated heterocycles. The molecule has 0 saturated carbocycles. The summed E-state index contributed by atoms with van der Waals surface area (Å²) in [5.41, 5.74) is 0.586. The van der Waals surface area contributed by atoms with Crippen LogP contribution in [0.3, 0.4) is 0 Å². The summed E-state index contributed by atoms with van der Waals surface area (Å²) in [4.78, 5) is 14.4. The van der Waals surface area contributed by atoms with Crippen molar-refractivity contribution in [2.75, 3.05) is 6.54 Å². The number of nitrogens with zero attached hydrogens (tertiary/aromatic N) is 5. The maximum absolute atomic E-state index is 12.5. The van der Waals surface area contributed by atoms with E-state index in [2.05, 4.69) is 38.8 Å². The lowest BCUT2D eigenvalue weighted by Crippen LogP contribution is -2.41. The summed E-state index contributed by atoms with van der Waals surface area (Å²) in [7, 11) is 0. The van der Waals surface area contributed by atoms with Gasteiger partial charge in [0.2, 0.25) is 0 Å². The Kier molecular flexibility index (Phi) is 3.48. The van der Waals surface area contributed by atoms with Gasteiger partial charge in [0.25, 0.3) is 5.91 Å². The lowest BCUT2D eigenvalue weighted by molar-refractivity contribution is 0.0660. The zero-order chi connectivity index (χ0) is 15.0. The third-order valence-electron chi connectivity index (χ3n) is 3.84. The van der Waals surface area contributed by atoms with Crippen molar-refractivity contribution >= 4 is 5.91 Å². The first-order valence-electron chi connectivity index (χ1n) is 7.24. The fraction of sp³-hybridized carbons (Fsp3) is 0.571. The molecule has 3 heterocycles. The van der Waals surface area contributed by atoms with E-state index >= 15 is 0 Å². The Labute approximate surface area is 123 Å². The normalized spacial score (nSPS) is 18.1. The van der Waals surface area contributed by atoms with Gasteiger partial charge in [-0.15, -0.1) is 10.2 Å². The van der Waals surface area contributed by atoms with E-state index in [0.717, 1.165) is 18.1 Å². The molecule has 21 heavy (non-hydrogen) atoms. The Bertz CT molecular complexity index is 630. The molecular formula is C14H20N6O. The Hall–Kier alpha value is -2.18. The van der Waals surface area contributed by atoms with Gasteiger partial charge in [0.05, 0.1) is 24.3 Å². The van der Waals surface area contributed by atoms with Gasteiger partial charge in [-0.05, 0) is 19.3 Å². The SMILES string of the molecule is Cc1nnc2n1[C@@H](CC(C)C)CN(C(=O)c1cn[nH]c1)C2. The third-order valence-corrected chi connectivity index (χ3v) is 3.84. The Morgan fingerprint density at radius 1 is 1.48 bits per heavy atom. The van der Waals surface area contributed by atoms with Crippen molar-refractivity contribution in [1.29, 1.82) is 0 Å². The highest BCUT2D eigenvalue weighted by atomic mass is 16.2. The minimum Gasteiger partial charge on any atom is -0.329 e. The van der Waals surface area contributed by atoms with Crippen molar-refractivity contribution in [2.24, 2.45) is 5.92 Å². The van der Waals surface area contributed by atoms with Crippen LogP contribution in [0, 0.1) is 12.8 Å². The molecule has 1 aliphatic heterocycles. The lowest BCUT2D eigenvalue weighted by Gasteiger charge is -2.34. The second kappa shape index (κ2) is 5.31. The van der Waals surface area contributed by atoms with Crippen LogP contribution in [0.2, 0.25) is 0 Å². The number of carbonyl (C=O) groups is 1. The van der Waals surface area contributed by atoms with Crippen LogP contribution in [0.1, 0.15) is 48.3 Å². The van der Waals surface area contributed by atoms with Crippen LogP contribution in [-0.2, 0) is 6.54 Å². The van der Waals surface area contributed by atoms with E-state index in [9.17, 15) is 4.79 Å². The number of hydrogen-bond donors (Lipinski definition) is 1. The third kappa shape index (κ3) is 2.55. The molecule has 1 N–H and O–H groups in total. The zero-order valence-electron chi connectivity index (χ0n) is 12.6. The molecule has 1 atom stereocenters. The first kappa shape index (κ1) is 13.8. The fourth-order valence-electron chi connectivity index (χ4n) is 3.00. The number of H-pyrrole nitrogens is 1. The van der Waals surface area contributed by atoms with Crippen LogP contribution in [-0.4, -0.2) is 42.3 Å². The minimum absolute atomic E-state index is 0.00981. The summed E-state index contributed by atoms with van der Waals surface area (Å²) < 4.78 is 2.18. The highest BCUT2D eigenvalue weighted by molar-refractivity contribution is 5.93. The number of aryl methyl sites for hydroxylation is 1. The van der Waals surface area contributed by atoms with Gasteiger partial charge in [0.1, 0.15) is 5.82 Å². The Morgan fingerprint density at radius 3 is 2.95 bits per heavy atom. The molecule has 0 unspecified atom stereocenters. The maximum atomic E-state index is 12.5. The lowest BCUT2D eigenvalue weighted by atomic mass is 10.0. The summed E-state index contributed by atoms with van der Waals surface area (Å²) in [6, 6.07) is 0.236. The number of carbonyl (C=O) groups excluding carboxylic acids is 1. The van der Waals surface area contributed by atoms with E-state index in [1.807, 2.05) is 11.8 Å². The van der Waals surface area contributed by atoms with Gasteiger partial charge >= 0.3 is 0 Å². The van der Waals surface area contributed by atoms with Crippen molar-refractivity contribution in [1.82, 2.24) is 29.9 Å². The molecule has 0 spiro atoms. The van der Waals surface area contributed by atoms with E-state index in [0.29, 0.717) is 24.6 Å². The average Bonchev–Trinajstić information content (AvgIpc) is 3.07. The van der Waals surface area contributed by atoms with Crippen LogP contribution in [0.5, 0.6) is 0 Å². The van der Waals surface area contributed by atoms with Gasteiger partial charge in [-0.3, -0.25) is 9.89 Å².